The Hall–Kier alpha value is -0.713. The molecule has 0 fully saturated rings. The molecule has 0 atom stereocenters. The maximum atomic E-state index is 12.8. The van der Waals surface area contributed by atoms with Crippen LogP contribution in [0.15, 0.2) is 24.3 Å². The normalized spacial score (nSPS) is 11.2. The van der Waals surface area contributed by atoms with Gasteiger partial charge < -0.3 is 8.85 Å². The highest BCUT2D eigenvalue weighted by molar-refractivity contribution is 6.44. The summed E-state index contributed by atoms with van der Waals surface area (Å²) in [4.78, 5) is 0. The predicted octanol–water partition coefficient (Wildman–Crippen LogP) is 4.22. The Kier molecular flexibility index (Phi) is 9.54. The standard InChI is InChI=1S/C16H27FO2Si/c1-3-12-18-20(19-13-4-2)14-6-5-7-15-8-10-16(17)11-9-15/h8-11,20H,3-7,12-14H2,1-2H3. The fourth-order valence-electron chi connectivity index (χ4n) is 2.00. The Morgan fingerprint density at radius 3 is 2.10 bits per heavy atom. The number of aryl methyl sites for hydroxylation is 1. The summed E-state index contributed by atoms with van der Waals surface area (Å²) in [6, 6.07) is 7.86. The van der Waals surface area contributed by atoms with Gasteiger partial charge >= 0.3 is 9.28 Å². The van der Waals surface area contributed by atoms with Gasteiger partial charge in [0.05, 0.1) is 0 Å². The first-order chi connectivity index (χ1) is 9.76. The highest BCUT2D eigenvalue weighted by Gasteiger charge is 2.12. The van der Waals surface area contributed by atoms with Gasteiger partial charge in [-0.05, 0) is 49.4 Å². The summed E-state index contributed by atoms with van der Waals surface area (Å²) < 4.78 is 24.4. The molecule has 0 aliphatic heterocycles. The van der Waals surface area contributed by atoms with Crippen LogP contribution >= 0.6 is 0 Å². The predicted molar refractivity (Wildman–Crippen MR) is 83.8 cm³/mol. The van der Waals surface area contributed by atoms with Crippen molar-refractivity contribution in [3.8, 4) is 0 Å². The van der Waals surface area contributed by atoms with Crippen LogP contribution in [0.2, 0.25) is 6.04 Å². The zero-order valence-corrected chi connectivity index (χ0v) is 13.9. The lowest BCUT2D eigenvalue weighted by Gasteiger charge is -2.16. The van der Waals surface area contributed by atoms with E-state index in [1.54, 1.807) is 0 Å². The summed E-state index contributed by atoms with van der Waals surface area (Å²) >= 11 is 0. The molecule has 0 spiro atoms. The monoisotopic (exact) mass is 298 g/mol. The lowest BCUT2D eigenvalue weighted by atomic mass is 10.1. The quantitative estimate of drug-likeness (QED) is 0.450. The maximum Gasteiger partial charge on any atom is 0.321 e. The first kappa shape index (κ1) is 17.3. The van der Waals surface area contributed by atoms with Crippen molar-refractivity contribution in [2.24, 2.45) is 0 Å². The summed E-state index contributed by atoms with van der Waals surface area (Å²) in [5.41, 5.74) is 1.20. The molecule has 0 radical (unpaired) electrons. The third-order valence-electron chi connectivity index (χ3n) is 3.08. The maximum absolute atomic E-state index is 12.8. The first-order valence-corrected chi connectivity index (χ1v) is 9.49. The fourth-order valence-corrected chi connectivity index (χ4v) is 4.05. The van der Waals surface area contributed by atoms with Crippen LogP contribution in [0.4, 0.5) is 4.39 Å². The molecule has 0 aliphatic rings. The van der Waals surface area contributed by atoms with Crippen molar-refractivity contribution in [2.45, 2.75) is 52.0 Å². The molecule has 1 rings (SSSR count). The number of halogens is 1. The van der Waals surface area contributed by atoms with Crippen molar-refractivity contribution in [3.05, 3.63) is 35.6 Å². The van der Waals surface area contributed by atoms with Crippen LogP contribution in [0.3, 0.4) is 0 Å². The van der Waals surface area contributed by atoms with Gasteiger partial charge in [-0.2, -0.15) is 0 Å². The van der Waals surface area contributed by atoms with Crippen molar-refractivity contribution in [3.63, 3.8) is 0 Å². The molecule has 114 valence electrons. The zero-order valence-electron chi connectivity index (χ0n) is 12.7. The smallest absolute Gasteiger partial charge is 0.321 e. The van der Waals surface area contributed by atoms with E-state index in [-0.39, 0.29) is 5.82 Å². The van der Waals surface area contributed by atoms with E-state index in [0.717, 1.165) is 51.4 Å². The van der Waals surface area contributed by atoms with Gasteiger partial charge in [-0.3, -0.25) is 0 Å². The van der Waals surface area contributed by atoms with Crippen LogP contribution in [0.1, 0.15) is 45.1 Å². The van der Waals surface area contributed by atoms with E-state index in [2.05, 4.69) is 13.8 Å². The van der Waals surface area contributed by atoms with Gasteiger partial charge in [-0.1, -0.05) is 32.4 Å². The van der Waals surface area contributed by atoms with Gasteiger partial charge in [0.2, 0.25) is 0 Å². The number of hydrogen-bond acceptors (Lipinski definition) is 2. The minimum Gasteiger partial charge on any atom is -0.397 e. The van der Waals surface area contributed by atoms with Crippen LogP contribution in [0.25, 0.3) is 0 Å². The molecule has 4 heteroatoms. The molecule has 0 bridgehead atoms. The Morgan fingerprint density at radius 2 is 1.55 bits per heavy atom. The van der Waals surface area contributed by atoms with E-state index in [0.29, 0.717) is 0 Å². The summed E-state index contributed by atoms with van der Waals surface area (Å²) in [6.45, 7) is 5.89. The molecule has 0 saturated heterocycles. The molecule has 0 N–H and O–H groups in total. The SMILES string of the molecule is CCCO[SiH](CCCCc1ccc(F)cc1)OCCC. The molecule has 0 unspecified atom stereocenters. The molecule has 0 aromatic heterocycles. The van der Waals surface area contributed by atoms with Gasteiger partial charge in [0.1, 0.15) is 5.82 Å². The van der Waals surface area contributed by atoms with Gasteiger partial charge in [0, 0.05) is 13.2 Å². The topological polar surface area (TPSA) is 18.5 Å². The van der Waals surface area contributed by atoms with Gasteiger partial charge in [-0.15, -0.1) is 0 Å². The third kappa shape index (κ3) is 7.77. The van der Waals surface area contributed by atoms with Crippen molar-refractivity contribution in [1.82, 2.24) is 0 Å². The second kappa shape index (κ2) is 11.0. The van der Waals surface area contributed by atoms with Crippen molar-refractivity contribution >= 4 is 9.28 Å². The Bertz CT molecular complexity index is 335. The minimum absolute atomic E-state index is 0.165. The van der Waals surface area contributed by atoms with E-state index < -0.39 is 9.28 Å². The zero-order chi connectivity index (χ0) is 14.6. The van der Waals surface area contributed by atoms with Gasteiger partial charge in [-0.25, -0.2) is 4.39 Å². The highest BCUT2D eigenvalue weighted by atomic mass is 28.3. The van der Waals surface area contributed by atoms with Crippen molar-refractivity contribution in [1.29, 1.82) is 0 Å². The van der Waals surface area contributed by atoms with E-state index in [9.17, 15) is 4.39 Å². The summed E-state index contributed by atoms with van der Waals surface area (Å²) in [6.07, 6.45) is 5.34. The molecular weight excluding hydrogens is 271 g/mol. The average molecular weight is 298 g/mol. The largest absolute Gasteiger partial charge is 0.397 e. The molecule has 0 aliphatic carbocycles. The molecular formula is C16H27FO2Si. The van der Waals surface area contributed by atoms with Crippen molar-refractivity contribution < 1.29 is 13.2 Å². The number of unbranched alkanes of at least 4 members (excludes halogenated alkanes) is 1. The van der Waals surface area contributed by atoms with E-state index in [4.69, 9.17) is 8.85 Å². The van der Waals surface area contributed by atoms with E-state index in [1.807, 2.05) is 12.1 Å². The lowest BCUT2D eigenvalue weighted by Crippen LogP contribution is -2.23. The molecule has 0 amide bonds. The van der Waals surface area contributed by atoms with E-state index in [1.165, 1.54) is 17.7 Å². The van der Waals surface area contributed by atoms with E-state index >= 15 is 0 Å². The number of rotatable bonds is 11. The van der Waals surface area contributed by atoms with Crippen LogP contribution in [-0.2, 0) is 15.3 Å². The molecule has 1 aromatic rings. The second-order valence-electron chi connectivity index (χ2n) is 5.04. The van der Waals surface area contributed by atoms with Crippen LogP contribution in [0, 0.1) is 5.82 Å². The van der Waals surface area contributed by atoms with Crippen LogP contribution < -0.4 is 0 Å². The molecule has 0 saturated carbocycles. The highest BCUT2D eigenvalue weighted by Crippen LogP contribution is 2.11. The van der Waals surface area contributed by atoms with Crippen LogP contribution in [0.5, 0.6) is 0 Å². The molecule has 1 aromatic carbocycles. The van der Waals surface area contributed by atoms with Gasteiger partial charge in [0.25, 0.3) is 0 Å². The Morgan fingerprint density at radius 1 is 0.950 bits per heavy atom. The molecule has 0 heterocycles. The van der Waals surface area contributed by atoms with Gasteiger partial charge in [0.15, 0.2) is 0 Å². The second-order valence-corrected chi connectivity index (χ2v) is 7.15. The lowest BCUT2D eigenvalue weighted by molar-refractivity contribution is 0.195. The fraction of sp³-hybridized carbons (Fsp3) is 0.625. The summed E-state index contributed by atoms with van der Waals surface area (Å²) in [5.74, 6) is -0.165. The van der Waals surface area contributed by atoms with Crippen molar-refractivity contribution in [2.75, 3.05) is 13.2 Å². The third-order valence-corrected chi connectivity index (χ3v) is 5.18. The Balaban J connectivity index is 2.19. The molecule has 20 heavy (non-hydrogen) atoms. The summed E-state index contributed by atoms with van der Waals surface area (Å²) in [5, 5.41) is 0. The summed E-state index contributed by atoms with van der Waals surface area (Å²) in [7, 11) is -1.46. The minimum atomic E-state index is -1.46. The Labute approximate surface area is 124 Å². The first-order valence-electron chi connectivity index (χ1n) is 7.74. The molecule has 2 nitrogen and oxygen atoms in total. The number of hydrogen-bond donors (Lipinski definition) is 0. The van der Waals surface area contributed by atoms with Crippen LogP contribution in [-0.4, -0.2) is 22.5 Å². The number of benzene rings is 1. The average Bonchev–Trinajstić information content (AvgIpc) is 2.47.